The molecule has 0 aliphatic carbocycles. The molecule has 0 radical (unpaired) electrons. The molecule has 0 saturated carbocycles. The van der Waals surface area contributed by atoms with Crippen molar-refractivity contribution >= 4 is 46.3 Å². The number of fused-ring (bicyclic) bond motifs is 1. The number of ether oxygens (including phenoxy) is 2. The smallest absolute Gasteiger partial charge is 0.337 e. The summed E-state index contributed by atoms with van der Waals surface area (Å²) in [6.45, 7) is 0.0915. The van der Waals surface area contributed by atoms with Gasteiger partial charge in [0.1, 0.15) is 24.0 Å². The van der Waals surface area contributed by atoms with Crippen LogP contribution < -0.4 is 10.1 Å². The SMILES string of the molecule is COC(=O)c1ccc(OC[C@@H]2C[C@H](F)CN2C(=O)Cc2ccc(Nc3nc4cccc(F)c4o3)c(Cl)c2)cc1. The van der Waals surface area contributed by atoms with Gasteiger partial charge in [-0.3, -0.25) is 4.79 Å². The highest BCUT2D eigenvalue weighted by atomic mass is 35.5. The van der Waals surface area contributed by atoms with Gasteiger partial charge in [-0.15, -0.1) is 0 Å². The zero-order valence-electron chi connectivity index (χ0n) is 20.8. The molecule has 4 aromatic rings. The predicted molar refractivity (Wildman–Crippen MR) is 141 cm³/mol. The van der Waals surface area contributed by atoms with Crippen LogP contribution in [0.1, 0.15) is 22.3 Å². The van der Waals surface area contributed by atoms with E-state index in [1.165, 1.54) is 24.1 Å². The largest absolute Gasteiger partial charge is 0.491 e. The molecule has 0 bridgehead atoms. The Morgan fingerprint density at radius 1 is 1.18 bits per heavy atom. The molecule has 1 N–H and O–H groups in total. The van der Waals surface area contributed by atoms with Gasteiger partial charge in [0.2, 0.25) is 5.91 Å². The van der Waals surface area contributed by atoms with Crippen molar-refractivity contribution in [2.75, 3.05) is 25.6 Å². The maximum Gasteiger partial charge on any atom is 0.337 e. The van der Waals surface area contributed by atoms with Gasteiger partial charge in [0, 0.05) is 6.42 Å². The first-order valence-electron chi connectivity index (χ1n) is 12.2. The van der Waals surface area contributed by atoms with Crippen molar-refractivity contribution in [1.82, 2.24) is 9.88 Å². The molecule has 1 aliphatic rings. The number of alkyl halides is 1. The van der Waals surface area contributed by atoms with E-state index in [9.17, 15) is 18.4 Å². The van der Waals surface area contributed by atoms with Crippen LogP contribution in [0.3, 0.4) is 0 Å². The zero-order valence-corrected chi connectivity index (χ0v) is 21.6. The lowest BCUT2D eigenvalue weighted by molar-refractivity contribution is -0.132. The van der Waals surface area contributed by atoms with Crippen LogP contribution in [0.25, 0.3) is 11.1 Å². The molecular weight excluding hydrogens is 532 g/mol. The summed E-state index contributed by atoms with van der Waals surface area (Å²) in [5.41, 5.74) is 1.89. The van der Waals surface area contributed by atoms with Crippen molar-refractivity contribution in [2.45, 2.75) is 25.1 Å². The number of hydrogen-bond acceptors (Lipinski definition) is 7. The number of esters is 1. The highest BCUT2D eigenvalue weighted by Crippen LogP contribution is 2.30. The van der Waals surface area contributed by atoms with E-state index >= 15 is 0 Å². The third kappa shape index (κ3) is 5.96. The van der Waals surface area contributed by atoms with Gasteiger partial charge in [0.05, 0.1) is 42.4 Å². The molecule has 5 rings (SSSR count). The van der Waals surface area contributed by atoms with Gasteiger partial charge in [-0.25, -0.2) is 13.6 Å². The number of aromatic nitrogens is 1. The summed E-state index contributed by atoms with van der Waals surface area (Å²) in [7, 11) is 1.30. The van der Waals surface area contributed by atoms with E-state index in [0.29, 0.717) is 33.1 Å². The molecule has 39 heavy (non-hydrogen) atoms. The van der Waals surface area contributed by atoms with Crippen LogP contribution in [0, 0.1) is 5.82 Å². The van der Waals surface area contributed by atoms with Crippen LogP contribution in [0.5, 0.6) is 5.75 Å². The first kappa shape index (κ1) is 26.4. The van der Waals surface area contributed by atoms with E-state index in [4.69, 9.17) is 20.8 Å². The average molecular weight is 556 g/mol. The molecule has 2 heterocycles. The maximum atomic E-state index is 14.3. The number of likely N-dealkylation sites (tertiary alicyclic amines) is 1. The van der Waals surface area contributed by atoms with Gasteiger partial charge in [-0.2, -0.15) is 4.98 Å². The number of methoxy groups -OCH3 is 1. The number of para-hydroxylation sites is 1. The maximum absolute atomic E-state index is 14.3. The number of oxazole rings is 1. The molecule has 8 nitrogen and oxygen atoms in total. The van der Waals surface area contributed by atoms with Gasteiger partial charge in [0.15, 0.2) is 11.4 Å². The minimum atomic E-state index is -1.15. The monoisotopic (exact) mass is 555 g/mol. The van der Waals surface area contributed by atoms with Crippen LogP contribution in [-0.2, 0) is 16.0 Å². The van der Waals surface area contributed by atoms with Crippen LogP contribution >= 0.6 is 11.6 Å². The summed E-state index contributed by atoms with van der Waals surface area (Å²) in [4.78, 5) is 30.4. The number of nitrogens with one attached hydrogen (secondary N) is 1. The Kier molecular flexibility index (Phi) is 7.65. The lowest BCUT2D eigenvalue weighted by Crippen LogP contribution is -2.40. The Morgan fingerprint density at radius 3 is 2.69 bits per heavy atom. The molecule has 1 aromatic heterocycles. The first-order chi connectivity index (χ1) is 18.8. The van der Waals surface area contributed by atoms with E-state index in [2.05, 4.69) is 15.0 Å². The second kappa shape index (κ2) is 11.3. The van der Waals surface area contributed by atoms with E-state index in [1.54, 1.807) is 48.5 Å². The van der Waals surface area contributed by atoms with E-state index in [0.717, 1.165) is 0 Å². The molecule has 0 unspecified atom stereocenters. The topological polar surface area (TPSA) is 93.9 Å². The summed E-state index contributed by atoms with van der Waals surface area (Å²) in [5, 5.41) is 3.23. The Balaban J connectivity index is 1.21. The van der Waals surface area contributed by atoms with Crippen molar-refractivity contribution < 1.29 is 32.3 Å². The molecule has 2 atom stereocenters. The summed E-state index contributed by atoms with van der Waals surface area (Å²) in [6.07, 6.45) is -0.966. The Morgan fingerprint density at radius 2 is 1.97 bits per heavy atom. The van der Waals surface area contributed by atoms with E-state index in [-0.39, 0.29) is 43.5 Å². The Labute approximate surface area is 227 Å². The fourth-order valence-corrected chi connectivity index (χ4v) is 4.70. The van der Waals surface area contributed by atoms with Gasteiger partial charge in [-0.1, -0.05) is 23.7 Å². The quantitative estimate of drug-likeness (QED) is 0.278. The van der Waals surface area contributed by atoms with Crippen molar-refractivity contribution in [3.8, 4) is 5.75 Å². The predicted octanol–water partition coefficient (Wildman–Crippen LogP) is 5.71. The lowest BCUT2D eigenvalue weighted by Gasteiger charge is -2.24. The second-order valence-corrected chi connectivity index (χ2v) is 9.49. The number of hydrogen-bond donors (Lipinski definition) is 1. The van der Waals surface area contributed by atoms with Gasteiger partial charge in [-0.05, 0) is 54.1 Å². The number of carbonyl (C=O) groups excluding carboxylic acids is 2. The number of benzene rings is 3. The third-order valence-electron chi connectivity index (χ3n) is 6.40. The Hall–Kier alpha value is -4.18. The molecule has 202 valence electrons. The van der Waals surface area contributed by atoms with Crippen molar-refractivity contribution in [1.29, 1.82) is 0 Å². The molecule has 11 heteroatoms. The van der Waals surface area contributed by atoms with Crippen LogP contribution in [-0.4, -0.2) is 54.2 Å². The molecule has 0 spiro atoms. The standard InChI is InChI=1S/C28H24ClF2N3O5/c1-37-27(36)17-6-8-20(9-7-17)38-15-19-13-18(30)14-34(19)25(35)12-16-5-10-23(21(29)11-16)32-28-33-24-4-2-3-22(31)26(24)39-28/h2-11,18-19H,12-15H2,1H3,(H,32,33)/t18-,19-/m0/s1. The van der Waals surface area contributed by atoms with Crippen LogP contribution in [0.2, 0.25) is 5.02 Å². The van der Waals surface area contributed by atoms with Crippen LogP contribution in [0.4, 0.5) is 20.5 Å². The van der Waals surface area contributed by atoms with Crippen LogP contribution in [0.15, 0.2) is 65.1 Å². The number of nitrogens with zero attached hydrogens (tertiary/aromatic N) is 2. The first-order valence-corrected chi connectivity index (χ1v) is 12.5. The van der Waals surface area contributed by atoms with Crippen molar-refractivity contribution in [3.63, 3.8) is 0 Å². The zero-order chi connectivity index (χ0) is 27.5. The number of halogens is 3. The fourth-order valence-electron chi connectivity index (χ4n) is 4.45. The highest BCUT2D eigenvalue weighted by molar-refractivity contribution is 6.33. The highest BCUT2D eigenvalue weighted by Gasteiger charge is 2.35. The Bertz CT molecular complexity index is 1510. The summed E-state index contributed by atoms with van der Waals surface area (Å²) < 4.78 is 44.1. The molecule has 1 fully saturated rings. The fraction of sp³-hybridized carbons (Fsp3) is 0.250. The number of rotatable bonds is 8. The molecule has 1 saturated heterocycles. The average Bonchev–Trinajstić information content (AvgIpc) is 3.52. The normalized spacial score (nSPS) is 16.9. The van der Waals surface area contributed by atoms with Crippen molar-refractivity contribution in [2.24, 2.45) is 0 Å². The van der Waals surface area contributed by atoms with Gasteiger partial charge < -0.3 is 24.1 Å². The van der Waals surface area contributed by atoms with Gasteiger partial charge in [0.25, 0.3) is 6.01 Å². The second-order valence-electron chi connectivity index (χ2n) is 9.08. The number of anilines is 2. The molecule has 3 aromatic carbocycles. The summed E-state index contributed by atoms with van der Waals surface area (Å²) in [5.74, 6) is -0.740. The summed E-state index contributed by atoms with van der Waals surface area (Å²) in [6, 6.07) is 15.5. The van der Waals surface area contributed by atoms with E-state index in [1.807, 2.05) is 0 Å². The minimum absolute atomic E-state index is 0.0181. The van der Waals surface area contributed by atoms with Gasteiger partial charge >= 0.3 is 5.97 Å². The molecule has 1 amide bonds. The molecular formula is C28H24ClF2N3O5. The van der Waals surface area contributed by atoms with Crippen molar-refractivity contribution in [3.05, 3.63) is 82.6 Å². The molecule has 1 aliphatic heterocycles. The van der Waals surface area contributed by atoms with E-state index < -0.39 is 24.0 Å². The minimum Gasteiger partial charge on any atom is -0.491 e. The third-order valence-corrected chi connectivity index (χ3v) is 6.71. The lowest BCUT2D eigenvalue weighted by atomic mass is 10.1. The number of amides is 1. The number of carbonyl (C=O) groups is 2. The summed E-state index contributed by atoms with van der Waals surface area (Å²) >= 11 is 6.42.